The molecule has 2 unspecified atom stereocenters. The second kappa shape index (κ2) is 7.66. The van der Waals surface area contributed by atoms with E-state index >= 15 is 0 Å². The van der Waals surface area contributed by atoms with Crippen LogP contribution in [0.15, 0.2) is 42.5 Å². The Bertz CT molecular complexity index is 695. The van der Waals surface area contributed by atoms with Gasteiger partial charge >= 0.3 is 5.97 Å². The van der Waals surface area contributed by atoms with Crippen LogP contribution in [0.1, 0.15) is 63.9 Å². The minimum absolute atomic E-state index is 0.442. The molecule has 3 nitrogen and oxygen atoms in total. The van der Waals surface area contributed by atoms with E-state index in [0.717, 1.165) is 17.9 Å². The van der Waals surface area contributed by atoms with E-state index in [2.05, 4.69) is 18.2 Å². The van der Waals surface area contributed by atoms with Crippen LogP contribution in [0.3, 0.4) is 0 Å². The number of fused-ring (bicyclic) bond motifs is 2. The fraction of sp³-hybridized carbons (Fsp3) is 0.565. The van der Waals surface area contributed by atoms with Crippen LogP contribution in [-0.2, 0) is 10.2 Å². The lowest BCUT2D eigenvalue weighted by atomic mass is 9.67. The third kappa shape index (κ3) is 3.43. The van der Waals surface area contributed by atoms with E-state index in [0.29, 0.717) is 18.3 Å². The molecule has 0 heterocycles. The van der Waals surface area contributed by atoms with Gasteiger partial charge in [0.2, 0.25) is 0 Å². The first-order valence-electron chi connectivity index (χ1n) is 9.90. The lowest BCUT2D eigenvalue weighted by Crippen LogP contribution is -2.38. The smallest absolute Gasteiger partial charge is 0.308 e. The Balaban J connectivity index is 1.80. The van der Waals surface area contributed by atoms with Crippen molar-refractivity contribution in [1.82, 2.24) is 0 Å². The zero-order valence-electron chi connectivity index (χ0n) is 15.7. The molecule has 0 spiro atoms. The molecule has 138 valence electrons. The van der Waals surface area contributed by atoms with Crippen molar-refractivity contribution in [2.45, 2.75) is 63.7 Å². The molecule has 1 aromatic rings. The molecule has 0 radical (unpaired) electrons. The van der Waals surface area contributed by atoms with Crippen LogP contribution in [0.2, 0.25) is 0 Å². The van der Waals surface area contributed by atoms with Crippen LogP contribution < -0.4 is 0 Å². The molecule has 26 heavy (non-hydrogen) atoms. The van der Waals surface area contributed by atoms with Gasteiger partial charge in [-0.15, -0.1) is 0 Å². The van der Waals surface area contributed by atoms with Gasteiger partial charge in [-0.25, -0.2) is 0 Å². The summed E-state index contributed by atoms with van der Waals surface area (Å²) in [6, 6.07) is 11.8. The topological polar surface area (TPSA) is 61.1 Å². The molecule has 1 N–H and O–H groups in total. The summed E-state index contributed by atoms with van der Waals surface area (Å²) in [4.78, 5) is 11.9. The van der Waals surface area contributed by atoms with Crippen molar-refractivity contribution in [3.05, 3.63) is 48.0 Å². The molecule has 1 aromatic carbocycles. The van der Waals surface area contributed by atoms with Gasteiger partial charge in [-0.3, -0.25) is 4.79 Å². The van der Waals surface area contributed by atoms with E-state index < -0.39 is 17.3 Å². The predicted molar refractivity (Wildman–Crippen MR) is 103 cm³/mol. The fourth-order valence-corrected chi connectivity index (χ4v) is 5.32. The molecule has 2 aliphatic rings. The van der Waals surface area contributed by atoms with Crippen LogP contribution >= 0.6 is 0 Å². The highest BCUT2D eigenvalue weighted by Gasteiger charge is 2.45. The predicted octanol–water partition coefficient (Wildman–Crippen LogP) is 5.48. The van der Waals surface area contributed by atoms with E-state index in [9.17, 15) is 15.2 Å². The highest BCUT2D eigenvalue weighted by Crippen LogP contribution is 2.56. The third-order valence-electron chi connectivity index (χ3n) is 6.83. The number of hydrogen-bond acceptors (Lipinski definition) is 2. The molecule has 0 aliphatic heterocycles. The number of nitrogens with zero attached hydrogens (tertiary/aromatic N) is 1. The van der Waals surface area contributed by atoms with Crippen molar-refractivity contribution in [3.63, 3.8) is 0 Å². The highest BCUT2D eigenvalue weighted by molar-refractivity contribution is 5.73. The summed E-state index contributed by atoms with van der Waals surface area (Å²) in [6.45, 7) is 1.85. The number of carboxylic acids is 1. The Morgan fingerprint density at radius 1 is 1.35 bits per heavy atom. The second-order valence-electron chi connectivity index (χ2n) is 8.28. The van der Waals surface area contributed by atoms with Crippen molar-refractivity contribution in [2.75, 3.05) is 0 Å². The average Bonchev–Trinajstić information content (AvgIpc) is 3.26. The standard InChI is InChI=1S/C23H29NO2/c1-2-20(21(25)26)23(17-24,19-8-4-3-5-9-19)13-7-6-12-22-14-10-18(16-22)11-15-22/h3-9,18,20H,2,10-16H2,1H3,(H,25,26). The van der Waals surface area contributed by atoms with Crippen LogP contribution in [0.4, 0.5) is 0 Å². The maximum atomic E-state index is 11.9. The fourth-order valence-electron chi connectivity index (χ4n) is 5.32. The van der Waals surface area contributed by atoms with E-state index in [4.69, 9.17) is 0 Å². The summed E-state index contributed by atoms with van der Waals surface area (Å²) in [5.41, 5.74) is 0.283. The van der Waals surface area contributed by atoms with Gasteiger partial charge in [0.15, 0.2) is 0 Å². The van der Waals surface area contributed by atoms with E-state index in [1.165, 1.54) is 32.1 Å². The number of carbonyl (C=O) groups is 1. The Labute approximate surface area is 156 Å². The van der Waals surface area contributed by atoms with Crippen molar-refractivity contribution < 1.29 is 9.90 Å². The molecular formula is C23H29NO2. The van der Waals surface area contributed by atoms with Gasteiger partial charge in [-0.2, -0.15) is 5.26 Å². The van der Waals surface area contributed by atoms with Crippen molar-refractivity contribution in [3.8, 4) is 6.07 Å². The van der Waals surface area contributed by atoms with E-state index in [1.807, 2.05) is 37.3 Å². The average molecular weight is 351 g/mol. The minimum atomic E-state index is -1.01. The number of carboxylic acid groups (broad SMARTS) is 1. The Kier molecular flexibility index (Phi) is 5.51. The zero-order valence-corrected chi connectivity index (χ0v) is 15.7. The molecule has 0 saturated heterocycles. The van der Waals surface area contributed by atoms with Crippen LogP contribution in [0.25, 0.3) is 0 Å². The van der Waals surface area contributed by atoms with Gasteiger partial charge in [0.1, 0.15) is 0 Å². The molecule has 3 heteroatoms. The van der Waals surface area contributed by atoms with Gasteiger partial charge in [0.25, 0.3) is 0 Å². The molecule has 0 aromatic heterocycles. The summed E-state index contributed by atoms with van der Waals surface area (Å²) in [6.07, 6.45) is 13.0. The first-order chi connectivity index (χ1) is 12.6. The molecule has 0 amide bonds. The number of nitriles is 1. The van der Waals surface area contributed by atoms with Gasteiger partial charge in [-0.05, 0) is 68.3 Å². The number of aliphatic carboxylic acids is 1. The highest BCUT2D eigenvalue weighted by atomic mass is 16.4. The molecule has 2 atom stereocenters. The van der Waals surface area contributed by atoms with Crippen molar-refractivity contribution in [2.24, 2.45) is 17.3 Å². The molecule has 3 rings (SSSR count). The Hall–Kier alpha value is -2.08. The van der Waals surface area contributed by atoms with Gasteiger partial charge in [-0.1, -0.05) is 49.4 Å². The number of benzene rings is 1. The molecule has 2 fully saturated rings. The summed E-state index contributed by atoms with van der Waals surface area (Å²) in [5, 5.41) is 19.8. The van der Waals surface area contributed by atoms with Gasteiger partial charge in [0.05, 0.1) is 17.4 Å². The summed E-state index contributed by atoms with van der Waals surface area (Å²) in [7, 11) is 0. The van der Waals surface area contributed by atoms with Crippen molar-refractivity contribution >= 4 is 5.97 Å². The molecule has 2 aliphatic carbocycles. The van der Waals surface area contributed by atoms with Crippen LogP contribution in [-0.4, -0.2) is 11.1 Å². The van der Waals surface area contributed by atoms with Crippen molar-refractivity contribution in [1.29, 1.82) is 5.26 Å². The lowest BCUT2D eigenvalue weighted by molar-refractivity contribution is -0.143. The summed E-state index contributed by atoms with van der Waals surface area (Å²) < 4.78 is 0. The molecular weight excluding hydrogens is 322 g/mol. The SMILES string of the molecule is CCC(C(=O)O)C(C#N)(CC=CCC12CCC(CC1)C2)c1ccccc1. The van der Waals surface area contributed by atoms with Gasteiger partial charge < -0.3 is 5.11 Å². The van der Waals surface area contributed by atoms with Crippen LogP contribution in [0.5, 0.6) is 0 Å². The Morgan fingerprint density at radius 2 is 2.04 bits per heavy atom. The maximum Gasteiger partial charge on any atom is 0.308 e. The molecule has 2 saturated carbocycles. The second-order valence-corrected chi connectivity index (χ2v) is 8.28. The minimum Gasteiger partial charge on any atom is -0.481 e. The monoisotopic (exact) mass is 351 g/mol. The number of rotatable bonds is 8. The third-order valence-corrected chi connectivity index (χ3v) is 6.83. The quantitative estimate of drug-likeness (QED) is 0.631. The Morgan fingerprint density at radius 3 is 2.54 bits per heavy atom. The lowest BCUT2D eigenvalue weighted by Gasteiger charge is -2.32. The van der Waals surface area contributed by atoms with Crippen LogP contribution in [0, 0.1) is 28.6 Å². The molecule has 2 bridgehead atoms. The first-order valence-corrected chi connectivity index (χ1v) is 9.90. The number of hydrogen-bond donors (Lipinski definition) is 1. The summed E-state index contributed by atoms with van der Waals surface area (Å²) in [5.74, 6) is -0.665. The first kappa shape index (κ1) is 18.7. The largest absolute Gasteiger partial charge is 0.481 e. The zero-order chi connectivity index (χ0) is 18.6. The normalized spacial score (nSPS) is 27.9. The van der Waals surface area contributed by atoms with Gasteiger partial charge in [0, 0.05) is 0 Å². The van der Waals surface area contributed by atoms with E-state index in [-0.39, 0.29) is 0 Å². The van der Waals surface area contributed by atoms with E-state index in [1.54, 1.807) is 0 Å². The summed E-state index contributed by atoms with van der Waals surface area (Å²) >= 11 is 0. The maximum absolute atomic E-state index is 11.9. The number of allylic oxidation sites excluding steroid dienone is 2.